The monoisotopic (exact) mass is 385 g/mol. The summed E-state index contributed by atoms with van der Waals surface area (Å²) in [6.45, 7) is 5.52. The van der Waals surface area contributed by atoms with Gasteiger partial charge in [0, 0.05) is 68.3 Å². The summed E-state index contributed by atoms with van der Waals surface area (Å²) in [4.78, 5) is 30.8. The van der Waals surface area contributed by atoms with E-state index >= 15 is 0 Å². The van der Waals surface area contributed by atoms with Crippen molar-refractivity contribution < 1.29 is 14.3 Å². The molecule has 2 aromatic heterocycles. The fourth-order valence-electron chi connectivity index (χ4n) is 3.57. The van der Waals surface area contributed by atoms with E-state index < -0.39 is 0 Å². The molecular weight excluding hydrogens is 358 g/mol. The normalized spacial score (nSPS) is 19.4. The van der Waals surface area contributed by atoms with E-state index in [0.29, 0.717) is 31.7 Å². The highest BCUT2D eigenvalue weighted by Gasteiger charge is 2.41. The summed E-state index contributed by atoms with van der Waals surface area (Å²) in [7, 11) is 1.62. The molecule has 1 saturated heterocycles. The molecule has 1 N–H and O–H groups in total. The third-order valence-corrected chi connectivity index (χ3v) is 5.04. The van der Waals surface area contributed by atoms with Crippen molar-refractivity contribution in [2.45, 2.75) is 32.4 Å². The minimum Gasteiger partial charge on any atom is -0.383 e. The van der Waals surface area contributed by atoms with E-state index in [1.807, 2.05) is 22.0 Å². The second-order valence-corrected chi connectivity index (χ2v) is 7.28. The smallest absolute Gasteiger partial charge is 0.251 e. The summed E-state index contributed by atoms with van der Waals surface area (Å²) in [5.41, 5.74) is 1.54. The number of hydrogen-bond donors (Lipinski definition) is 1. The number of amides is 2. The van der Waals surface area contributed by atoms with Crippen LogP contribution in [-0.2, 0) is 9.53 Å². The van der Waals surface area contributed by atoms with Crippen molar-refractivity contribution in [1.29, 1.82) is 0 Å². The molecule has 1 aliphatic rings. The number of likely N-dealkylation sites (tertiary alicyclic amines) is 1. The van der Waals surface area contributed by atoms with Gasteiger partial charge < -0.3 is 15.0 Å². The van der Waals surface area contributed by atoms with Crippen molar-refractivity contribution in [1.82, 2.24) is 25.0 Å². The first-order chi connectivity index (χ1) is 13.5. The standard InChI is InChI=1S/C20H27N5O3/c1-14(2)25-13-17(12-23-25)19-16(10-18(26)24(19)8-9-28-3)11-22-20(27)15-4-6-21-7-5-15/h4-7,12-14,16,19H,8-11H2,1-3H3,(H,22,27)/t16-,19+/m0/s1. The Morgan fingerprint density at radius 1 is 1.36 bits per heavy atom. The summed E-state index contributed by atoms with van der Waals surface area (Å²) in [6, 6.07) is 3.45. The van der Waals surface area contributed by atoms with Crippen LogP contribution in [-0.4, -0.2) is 58.3 Å². The Morgan fingerprint density at radius 3 is 2.75 bits per heavy atom. The highest BCUT2D eigenvalue weighted by atomic mass is 16.5. The number of pyridine rings is 1. The molecule has 0 saturated carbocycles. The molecule has 0 aliphatic carbocycles. The zero-order valence-electron chi connectivity index (χ0n) is 16.5. The number of hydrogen-bond acceptors (Lipinski definition) is 5. The quantitative estimate of drug-likeness (QED) is 0.749. The lowest BCUT2D eigenvalue weighted by Crippen LogP contribution is -2.35. The molecule has 1 aliphatic heterocycles. The van der Waals surface area contributed by atoms with Crippen molar-refractivity contribution in [2.75, 3.05) is 26.8 Å². The van der Waals surface area contributed by atoms with Crippen LogP contribution in [0.2, 0.25) is 0 Å². The van der Waals surface area contributed by atoms with Crippen LogP contribution < -0.4 is 5.32 Å². The first kappa shape index (κ1) is 20.0. The number of methoxy groups -OCH3 is 1. The lowest BCUT2D eigenvalue weighted by atomic mass is 9.95. The van der Waals surface area contributed by atoms with Gasteiger partial charge in [0.1, 0.15) is 0 Å². The number of nitrogens with one attached hydrogen (secondary N) is 1. The first-order valence-corrected chi connectivity index (χ1v) is 9.52. The van der Waals surface area contributed by atoms with E-state index in [1.165, 1.54) is 0 Å². The Balaban J connectivity index is 1.77. The minimum atomic E-state index is -0.165. The number of ether oxygens (including phenoxy) is 1. The minimum absolute atomic E-state index is 0.0278. The number of rotatable bonds is 8. The molecular formula is C20H27N5O3. The summed E-state index contributed by atoms with van der Waals surface area (Å²) in [5.74, 6) is -0.121. The van der Waals surface area contributed by atoms with E-state index in [9.17, 15) is 9.59 Å². The first-order valence-electron chi connectivity index (χ1n) is 9.52. The second-order valence-electron chi connectivity index (χ2n) is 7.28. The van der Waals surface area contributed by atoms with Gasteiger partial charge in [-0.3, -0.25) is 19.3 Å². The van der Waals surface area contributed by atoms with Gasteiger partial charge in [-0.2, -0.15) is 5.10 Å². The van der Waals surface area contributed by atoms with Crippen LogP contribution in [0.25, 0.3) is 0 Å². The highest BCUT2D eigenvalue weighted by Crippen LogP contribution is 2.37. The molecule has 1 fully saturated rings. The molecule has 2 aromatic rings. The lowest BCUT2D eigenvalue weighted by Gasteiger charge is -2.27. The molecule has 0 spiro atoms. The maximum Gasteiger partial charge on any atom is 0.251 e. The topological polar surface area (TPSA) is 89.3 Å². The van der Waals surface area contributed by atoms with E-state index in [2.05, 4.69) is 29.2 Å². The van der Waals surface area contributed by atoms with Crippen LogP contribution in [0.1, 0.15) is 48.3 Å². The molecule has 28 heavy (non-hydrogen) atoms. The van der Waals surface area contributed by atoms with E-state index in [1.54, 1.807) is 31.6 Å². The number of carbonyl (C=O) groups excluding carboxylic acids is 2. The average Bonchev–Trinajstić information content (AvgIpc) is 3.29. The molecule has 0 bridgehead atoms. The van der Waals surface area contributed by atoms with Crippen LogP contribution >= 0.6 is 0 Å². The maximum atomic E-state index is 12.7. The predicted octanol–water partition coefficient (Wildman–Crippen LogP) is 1.82. The van der Waals surface area contributed by atoms with Crippen LogP contribution in [0.15, 0.2) is 36.9 Å². The molecule has 150 valence electrons. The van der Waals surface area contributed by atoms with E-state index in [-0.39, 0.29) is 29.8 Å². The Hall–Kier alpha value is -2.74. The molecule has 0 unspecified atom stereocenters. The van der Waals surface area contributed by atoms with Crippen LogP contribution in [0, 0.1) is 5.92 Å². The molecule has 0 aromatic carbocycles. The van der Waals surface area contributed by atoms with Crippen molar-refractivity contribution >= 4 is 11.8 Å². The molecule has 2 atom stereocenters. The van der Waals surface area contributed by atoms with Crippen molar-refractivity contribution in [3.63, 3.8) is 0 Å². The van der Waals surface area contributed by atoms with Gasteiger partial charge in [0.15, 0.2) is 0 Å². The Labute approximate surface area is 164 Å². The van der Waals surface area contributed by atoms with Gasteiger partial charge in [0.05, 0.1) is 18.8 Å². The Morgan fingerprint density at radius 2 is 2.11 bits per heavy atom. The fourth-order valence-corrected chi connectivity index (χ4v) is 3.57. The van der Waals surface area contributed by atoms with Gasteiger partial charge in [0.25, 0.3) is 5.91 Å². The highest BCUT2D eigenvalue weighted by molar-refractivity contribution is 5.94. The summed E-state index contributed by atoms with van der Waals surface area (Å²) >= 11 is 0. The molecule has 2 amide bonds. The third-order valence-electron chi connectivity index (χ3n) is 5.04. The molecule has 8 nitrogen and oxygen atoms in total. The largest absolute Gasteiger partial charge is 0.383 e. The van der Waals surface area contributed by atoms with Gasteiger partial charge in [-0.15, -0.1) is 0 Å². The second kappa shape index (κ2) is 8.97. The summed E-state index contributed by atoms with van der Waals surface area (Å²) < 4.78 is 7.07. The van der Waals surface area contributed by atoms with Gasteiger partial charge in [0.2, 0.25) is 5.91 Å². The van der Waals surface area contributed by atoms with E-state index in [0.717, 1.165) is 5.56 Å². The average molecular weight is 385 g/mol. The van der Waals surface area contributed by atoms with Crippen molar-refractivity contribution in [3.8, 4) is 0 Å². The number of aromatic nitrogens is 3. The third kappa shape index (κ3) is 4.39. The summed E-state index contributed by atoms with van der Waals surface area (Å²) in [5, 5.41) is 7.39. The zero-order valence-corrected chi connectivity index (χ0v) is 16.5. The Kier molecular flexibility index (Phi) is 6.41. The van der Waals surface area contributed by atoms with Crippen molar-refractivity contribution in [3.05, 3.63) is 48.0 Å². The summed E-state index contributed by atoms with van der Waals surface area (Å²) in [6.07, 6.45) is 7.37. The van der Waals surface area contributed by atoms with E-state index in [4.69, 9.17) is 4.74 Å². The van der Waals surface area contributed by atoms with Crippen LogP contribution in [0.3, 0.4) is 0 Å². The predicted molar refractivity (Wildman–Crippen MR) is 104 cm³/mol. The maximum absolute atomic E-state index is 12.7. The molecule has 3 heterocycles. The zero-order chi connectivity index (χ0) is 20.1. The van der Waals surface area contributed by atoms with Gasteiger partial charge in [-0.1, -0.05) is 0 Å². The molecule has 3 rings (SSSR count). The molecule has 8 heteroatoms. The van der Waals surface area contributed by atoms with Gasteiger partial charge in [-0.25, -0.2) is 0 Å². The number of nitrogens with zero attached hydrogens (tertiary/aromatic N) is 4. The van der Waals surface area contributed by atoms with Crippen molar-refractivity contribution in [2.24, 2.45) is 5.92 Å². The fraction of sp³-hybridized carbons (Fsp3) is 0.500. The van der Waals surface area contributed by atoms with Crippen LogP contribution in [0.5, 0.6) is 0 Å². The van der Waals surface area contributed by atoms with Crippen LogP contribution in [0.4, 0.5) is 0 Å². The SMILES string of the molecule is COCCN1C(=O)C[C@@H](CNC(=O)c2ccncc2)[C@@H]1c1cnn(C(C)C)c1. The lowest BCUT2D eigenvalue weighted by molar-refractivity contribution is -0.129. The molecule has 0 radical (unpaired) electrons. The Bertz CT molecular complexity index is 805. The number of carbonyl (C=O) groups is 2. The van der Waals surface area contributed by atoms with Gasteiger partial charge >= 0.3 is 0 Å². The van der Waals surface area contributed by atoms with Gasteiger partial charge in [-0.05, 0) is 26.0 Å².